The van der Waals surface area contributed by atoms with Crippen molar-refractivity contribution in [3.05, 3.63) is 22.7 Å². The number of hydrogen-bond acceptors (Lipinski definition) is 6. The van der Waals surface area contributed by atoms with Gasteiger partial charge >= 0.3 is 5.97 Å². The number of thiophene rings is 1. The first-order chi connectivity index (χ1) is 9.15. The molecule has 1 N–H and O–H groups in total. The van der Waals surface area contributed by atoms with E-state index in [-0.39, 0.29) is 6.42 Å². The summed E-state index contributed by atoms with van der Waals surface area (Å²) in [7, 11) is 1.91. The molecule has 0 unspecified atom stereocenters. The Morgan fingerprint density at radius 1 is 1.58 bits per heavy atom. The zero-order valence-electron chi connectivity index (χ0n) is 10.6. The largest absolute Gasteiger partial charge is 0.481 e. The topological polar surface area (TPSA) is 79.5 Å². The van der Waals surface area contributed by atoms with Crippen molar-refractivity contribution in [2.75, 3.05) is 13.6 Å². The third-order valence-electron chi connectivity index (χ3n) is 2.58. The van der Waals surface area contributed by atoms with E-state index in [1.165, 1.54) is 0 Å². The van der Waals surface area contributed by atoms with Gasteiger partial charge in [-0.25, -0.2) is 0 Å². The number of carbonyl (C=O) groups is 1. The summed E-state index contributed by atoms with van der Waals surface area (Å²) < 4.78 is 5.18. The molecule has 2 heterocycles. The van der Waals surface area contributed by atoms with Crippen LogP contribution < -0.4 is 0 Å². The van der Waals surface area contributed by atoms with Gasteiger partial charge in [-0.05, 0) is 31.5 Å². The van der Waals surface area contributed by atoms with E-state index in [2.05, 4.69) is 10.1 Å². The van der Waals surface area contributed by atoms with Crippen LogP contribution in [0.25, 0.3) is 11.5 Å². The summed E-state index contributed by atoms with van der Waals surface area (Å²) in [5.74, 6) is 0.363. The lowest BCUT2D eigenvalue weighted by molar-refractivity contribution is -0.137. The normalized spacial score (nSPS) is 11.1. The van der Waals surface area contributed by atoms with E-state index in [1.54, 1.807) is 11.3 Å². The van der Waals surface area contributed by atoms with E-state index in [4.69, 9.17) is 9.63 Å². The van der Waals surface area contributed by atoms with Crippen LogP contribution in [0.5, 0.6) is 0 Å². The van der Waals surface area contributed by atoms with Crippen LogP contribution in [0, 0.1) is 0 Å². The van der Waals surface area contributed by atoms with E-state index in [0.29, 0.717) is 31.2 Å². The molecule has 102 valence electrons. The number of carboxylic acid groups (broad SMARTS) is 1. The molecule has 0 aliphatic rings. The van der Waals surface area contributed by atoms with Gasteiger partial charge in [0.25, 0.3) is 5.89 Å². The van der Waals surface area contributed by atoms with Gasteiger partial charge in [-0.1, -0.05) is 5.16 Å². The third-order valence-corrected chi connectivity index (χ3v) is 3.26. The molecule has 0 fully saturated rings. The monoisotopic (exact) mass is 281 g/mol. The molecule has 0 aliphatic heterocycles. The summed E-state index contributed by atoms with van der Waals surface area (Å²) in [4.78, 5) is 16.7. The summed E-state index contributed by atoms with van der Waals surface area (Å²) in [6.07, 6.45) is 0.789. The Morgan fingerprint density at radius 3 is 3.11 bits per heavy atom. The minimum Gasteiger partial charge on any atom is -0.481 e. The van der Waals surface area contributed by atoms with Gasteiger partial charge in [0.15, 0.2) is 5.82 Å². The molecule has 6 nitrogen and oxygen atoms in total. The van der Waals surface area contributed by atoms with E-state index in [9.17, 15) is 4.79 Å². The molecule has 2 aromatic rings. The molecule has 19 heavy (non-hydrogen) atoms. The van der Waals surface area contributed by atoms with Crippen molar-refractivity contribution >= 4 is 17.3 Å². The molecule has 0 saturated carbocycles. The minimum atomic E-state index is -0.771. The van der Waals surface area contributed by atoms with E-state index in [1.807, 2.05) is 28.8 Å². The highest BCUT2D eigenvalue weighted by Gasteiger charge is 2.11. The molecule has 0 amide bonds. The number of carboxylic acids is 1. The molecule has 0 radical (unpaired) electrons. The van der Waals surface area contributed by atoms with Crippen molar-refractivity contribution in [2.24, 2.45) is 0 Å². The van der Waals surface area contributed by atoms with Gasteiger partial charge in [0.2, 0.25) is 0 Å². The van der Waals surface area contributed by atoms with Gasteiger partial charge in [-0.2, -0.15) is 16.3 Å². The summed E-state index contributed by atoms with van der Waals surface area (Å²) in [5, 5.41) is 16.4. The second-order valence-corrected chi connectivity index (χ2v) is 5.04. The maximum absolute atomic E-state index is 10.4. The molecular formula is C12H15N3O3S. The van der Waals surface area contributed by atoms with Crippen LogP contribution in [0.3, 0.4) is 0 Å². The van der Waals surface area contributed by atoms with E-state index < -0.39 is 5.97 Å². The average Bonchev–Trinajstić information content (AvgIpc) is 2.97. The molecule has 0 aromatic carbocycles. The Bertz CT molecular complexity index is 524. The lowest BCUT2D eigenvalue weighted by atomic mass is 10.3. The summed E-state index contributed by atoms with van der Waals surface area (Å²) in [5.41, 5.74) is 0.928. The second-order valence-electron chi connectivity index (χ2n) is 4.26. The molecule has 0 atom stereocenters. The SMILES string of the molecule is CN(CCCC(=O)O)Cc1noc(-c2ccsc2)n1. The van der Waals surface area contributed by atoms with Crippen LogP contribution in [-0.2, 0) is 11.3 Å². The highest BCUT2D eigenvalue weighted by molar-refractivity contribution is 7.08. The van der Waals surface area contributed by atoms with Crippen molar-refractivity contribution in [3.8, 4) is 11.5 Å². The van der Waals surface area contributed by atoms with Crippen molar-refractivity contribution in [2.45, 2.75) is 19.4 Å². The number of nitrogens with zero attached hydrogens (tertiary/aromatic N) is 3. The van der Waals surface area contributed by atoms with Crippen molar-refractivity contribution < 1.29 is 14.4 Å². The zero-order chi connectivity index (χ0) is 13.7. The van der Waals surface area contributed by atoms with Gasteiger partial charge < -0.3 is 9.63 Å². The highest BCUT2D eigenvalue weighted by atomic mass is 32.1. The molecule has 0 aliphatic carbocycles. The highest BCUT2D eigenvalue weighted by Crippen LogP contribution is 2.20. The van der Waals surface area contributed by atoms with Crippen LogP contribution in [0.15, 0.2) is 21.3 Å². The van der Waals surface area contributed by atoms with Crippen LogP contribution in [0.1, 0.15) is 18.7 Å². The van der Waals surface area contributed by atoms with Crippen molar-refractivity contribution in [1.82, 2.24) is 15.0 Å². The lowest BCUT2D eigenvalue weighted by Crippen LogP contribution is -2.20. The maximum Gasteiger partial charge on any atom is 0.303 e. The molecular weight excluding hydrogens is 266 g/mol. The number of hydrogen-bond donors (Lipinski definition) is 1. The fourth-order valence-corrected chi connectivity index (χ4v) is 2.27. The van der Waals surface area contributed by atoms with Crippen LogP contribution >= 0.6 is 11.3 Å². The standard InChI is InChI=1S/C12H15N3O3S/c1-15(5-2-3-11(16)17)7-10-13-12(18-14-10)9-4-6-19-8-9/h4,6,8H,2-3,5,7H2,1H3,(H,16,17). The smallest absolute Gasteiger partial charge is 0.303 e. The Kier molecular flexibility index (Phi) is 4.64. The van der Waals surface area contributed by atoms with E-state index in [0.717, 1.165) is 5.56 Å². The number of aromatic nitrogens is 2. The Morgan fingerprint density at radius 2 is 2.42 bits per heavy atom. The molecule has 2 rings (SSSR count). The summed E-state index contributed by atoms with van der Waals surface area (Å²) >= 11 is 1.58. The van der Waals surface area contributed by atoms with Gasteiger partial charge in [-0.3, -0.25) is 9.69 Å². The Labute approximate surface area is 114 Å². The first-order valence-electron chi connectivity index (χ1n) is 5.90. The molecule has 2 aromatic heterocycles. The van der Waals surface area contributed by atoms with Gasteiger partial charge in [0.05, 0.1) is 12.1 Å². The fourth-order valence-electron chi connectivity index (χ4n) is 1.64. The average molecular weight is 281 g/mol. The van der Waals surface area contributed by atoms with Gasteiger partial charge in [0, 0.05) is 11.8 Å². The van der Waals surface area contributed by atoms with E-state index >= 15 is 0 Å². The van der Waals surface area contributed by atoms with Crippen molar-refractivity contribution in [1.29, 1.82) is 0 Å². The Hall–Kier alpha value is -1.73. The molecule has 7 heteroatoms. The fraction of sp³-hybridized carbons (Fsp3) is 0.417. The number of rotatable bonds is 7. The first kappa shape index (κ1) is 13.7. The zero-order valence-corrected chi connectivity index (χ0v) is 11.4. The predicted molar refractivity (Wildman–Crippen MR) is 70.8 cm³/mol. The van der Waals surface area contributed by atoms with Crippen molar-refractivity contribution in [3.63, 3.8) is 0 Å². The summed E-state index contributed by atoms with van der Waals surface area (Å²) in [6, 6.07) is 1.93. The maximum atomic E-state index is 10.4. The second kappa shape index (κ2) is 6.44. The molecule has 0 saturated heterocycles. The third kappa shape index (κ3) is 4.15. The lowest BCUT2D eigenvalue weighted by Gasteiger charge is -2.12. The van der Waals surface area contributed by atoms with Gasteiger partial charge in [0.1, 0.15) is 0 Å². The minimum absolute atomic E-state index is 0.177. The summed E-state index contributed by atoms with van der Waals surface area (Å²) in [6.45, 7) is 1.24. The first-order valence-corrected chi connectivity index (χ1v) is 6.85. The van der Waals surface area contributed by atoms with Crippen LogP contribution in [0.2, 0.25) is 0 Å². The predicted octanol–water partition coefficient (Wildman–Crippen LogP) is 2.09. The van der Waals surface area contributed by atoms with Crippen LogP contribution in [-0.4, -0.2) is 39.7 Å². The molecule has 0 spiro atoms. The van der Waals surface area contributed by atoms with Crippen LogP contribution in [0.4, 0.5) is 0 Å². The molecule has 0 bridgehead atoms. The Balaban J connectivity index is 1.84. The quantitative estimate of drug-likeness (QED) is 0.837. The number of aliphatic carboxylic acids is 1. The van der Waals surface area contributed by atoms with Gasteiger partial charge in [-0.15, -0.1) is 0 Å².